The minimum Gasteiger partial charge on any atom is -0.324 e. The molecule has 0 radical (unpaired) electrons. The van der Waals surface area contributed by atoms with Gasteiger partial charge in [0.1, 0.15) is 12.1 Å². The number of fused-ring (bicyclic) bond motifs is 1. The molecule has 0 aliphatic heterocycles. The highest BCUT2D eigenvalue weighted by Crippen LogP contribution is 2.22. The van der Waals surface area contributed by atoms with Gasteiger partial charge in [-0.1, -0.05) is 23.4 Å². The van der Waals surface area contributed by atoms with Crippen LogP contribution in [0.3, 0.4) is 0 Å². The van der Waals surface area contributed by atoms with Crippen molar-refractivity contribution < 1.29 is 9.72 Å². The van der Waals surface area contributed by atoms with Crippen molar-refractivity contribution in [2.24, 2.45) is 0 Å². The second-order valence-electron chi connectivity index (χ2n) is 5.04. The van der Waals surface area contributed by atoms with Crippen LogP contribution in [0, 0.1) is 17.0 Å². The molecule has 0 aliphatic carbocycles. The number of anilines is 1. The lowest BCUT2D eigenvalue weighted by Crippen LogP contribution is -2.19. The van der Waals surface area contributed by atoms with Gasteiger partial charge in [-0.3, -0.25) is 14.9 Å². The third kappa shape index (κ3) is 3.00. The van der Waals surface area contributed by atoms with E-state index in [2.05, 4.69) is 15.6 Å². The van der Waals surface area contributed by atoms with Crippen LogP contribution in [0.2, 0.25) is 0 Å². The standard InChI is InChI=1S/C15H13N5O3/c1-10-6-7-11(8-14(10)20(22)23)16-15(21)9-19-13-5-3-2-4-12(13)17-18-19/h2-8H,9H2,1H3,(H,16,21). The van der Waals surface area contributed by atoms with E-state index >= 15 is 0 Å². The van der Waals surface area contributed by atoms with Gasteiger partial charge in [-0.15, -0.1) is 5.10 Å². The largest absolute Gasteiger partial charge is 0.324 e. The second-order valence-corrected chi connectivity index (χ2v) is 5.04. The fraction of sp³-hybridized carbons (Fsp3) is 0.133. The molecule has 1 amide bonds. The summed E-state index contributed by atoms with van der Waals surface area (Å²) >= 11 is 0. The van der Waals surface area contributed by atoms with Crippen LogP contribution in [0.25, 0.3) is 11.0 Å². The van der Waals surface area contributed by atoms with E-state index in [4.69, 9.17) is 0 Å². The predicted molar refractivity (Wildman–Crippen MR) is 84.0 cm³/mol. The molecule has 0 spiro atoms. The molecule has 0 saturated carbocycles. The molecule has 1 heterocycles. The molecule has 0 fully saturated rings. The van der Waals surface area contributed by atoms with Gasteiger partial charge in [0.25, 0.3) is 5.69 Å². The summed E-state index contributed by atoms with van der Waals surface area (Å²) in [5.41, 5.74) is 2.32. The number of para-hydroxylation sites is 1. The first kappa shape index (κ1) is 14.6. The molecular formula is C15H13N5O3. The molecule has 23 heavy (non-hydrogen) atoms. The van der Waals surface area contributed by atoms with E-state index in [9.17, 15) is 14.9 Å². The fourth-order valence-corrected chi connectivity index (χ4v) is 2.25. The number of nitro groups is 1. The third-order valence-electron chi connectivity index (χ3n) is 3.40. The molecule has 8 heteroatoms. The highest BCUT2D eigenvalue weighted by Gasteiger charge is 2.13. The van der Waals surface area contributed by atoms with Crippen molar-refractivity contribution in [2.75, 3.05) is 5.32 Å². The number of rotatable bonds is 4. The monoisotopic (exact) mass is 311 g/mol. The van der Waals surface area contributed by atoms with Gasteiger partial charge in [0.2, 0.25) is 5.91 Å². The normalized spacial score (nSPS) is 10.7. The van der Waals surface area contributed by atoms with Crippen LogP contribution in [0.1, 0.15) is 5.56 Å². The molecule has 3 rings (SSSR count). The van der Waals surface area contributed by atoms with Gasteiger partial charge in [0, 0.05) is 17.3 Å². The lowest BCUT2D eigenvalue weighted by atomic mass is 10.2. The maximum atomic E-state index is 12.1. The molecule has 8 nitrogen and oxygen atoms in total. The molecule has 1 aromatic heterocycles. The maximum Gasteiger partial charge on any atom is 0.274 e. The number of hydrogen-bond donors (Lipinski definition) is 1. The van der Waals surface area contributed by atoms with Crippen molar-refractivity contribution in [3.8, 4) is 0 Å². The SMILES string of the molecule is Cc1ccc(NC(=O)Cn2nnc3ccccc32)cc1[N+](=O)[O-]. The van der Waals surface area contributed by atoms with Gasteiger partial charge in [-0.25, -0.2) is 4.68 Å². The van der Waals surface area contributed by atoms with E-state index in [0.717, 1.165) is 5.52 Å². The van der Waals surface area contributed by atoms with Crippen LogP contribution >= 0.6 is 0 Å². The van der Waals surface area contributed by atoms with E-state index in [0.29, 0.717) is 16.8 Å². The molecule has 2 aromatic carbocycles. The Hall–Kier alpha value is -3.29. The Balaban J connectivity index is 1.77. The van der Waals surface area contributed by atoms with Gasteiger partial charge in [0.15, 0.2) is 0 Å². The number of aryl methyl sites for hydroxylation is 1. The van der Waals surface area contributed by atoms with Crippen molar-refractivity contribution in [3.05, 3.63) is 58.1 Å². The molecular weight excluding hydrogens is 298 g/mol. The van der Waals surface area contributed by atoms with E-state index in [1.165, 1.54) is 10.7 Å². The van der Waals surface area contributed by atoms with Gasteiger partial charge in [-0.05, 0) is 25.1 Å². The highest BCUT2D eigenvalue weighted by atomic mass is 16.6. The minimum absolute atomic E-state index is 0.0256. The first-order chi connectivity index (χ1) is 11.0. The molecule has 0 atom stereocenters. The Morgan fingerprint density at radius 2 is 2.09 bits per heavy atom. The van der Waals surface area contributed by atoms with E-state index < -0.39 is 4.92 Å². The van der Waals surface area contributed by atoms with Crippen LogP contribution in [-0.2, 0) is 11.3 Å². The highest BCUT2D eigenvalue weighted by molar-refractivity contribution is 5.91. The molecule has 0 aliphatic rings. The van der Waals surface area contributed by atoms with Crippen LogP contribution in [0.15, 0.2) is 42.5 Å². The van der Waals surface area contributed by atoms with E-state index in [1.807, 2.05) is 18.2 Å². The number of carbonyl (C=O) groups is 1. The minimum atomic E-state index is -0.476. The Labute approximate surface area is 130 Å². The fourth-order valence-electron chi connectivity index (χ4n) is 2.25. The van der Waals surface area contributed by atoms with Crippen molar-refractivity contribution in [2.45, 2.75) is 13.5 Å². The van der Waals surface area contributed by atoms with Crippen LogP contribution < -0.4 is 5.32 Å². The zero-order valence-corrected chi connectivity index (χ0v) is 12.3. The number of nitrogens with one attached hydrogen (secondary N) is 1. The molecule has 0 saturated heterocycles. The number of carbonyl (C=O) groups excluding carboxylic acids is 1. The van der Waals surface area contributed by atoms with Gasteiger partial charge in [-0.2, -0.15) is 0 Å². The third-order valence-corrected chi connectivity index (χ3v) is 3.40. The molecule has 1 N–H and O–H groups in total. The molecule has 116 valence electrons. The van der Waals surface area contributed by atoms with Crippen LogP contribution in [0.4, 0.5) is 11.4 Å². The summed E-state index contributed by atoms with van der Waals surface area (Å²) in [5, 5.41) is 21.5. The Morgan fingerprint density at radius 3 is 2.87 bits per heavy atom. The lowest BCUT2D eigenvalue weighted by molar-refractivity contribution is -0.385. The number of hydrogen-bond acceptors (Lipinski definition) is 5. The maximum absolute atomic E-state index is 12.1. The topological polar surface area (TPSA) is 103 Å². The summed E-state index contributed by atoms with van der Waals surface area (Å²) < 4.78 is 1.48. The summed E-state index contributed by atoms with van der Waals surface area (Å²) in [6.07, 6.45) is 0. The summed E-state index contributed by atoms with van der Waals surface area (Å²) in [6, 6.07) is 11.9. The molecule has 0 unspecified atom stereocenters. The van der Waals surface area contributed by atoms with Crippen molar-refractivity contribution in [1.29, 1.82) is 0 Å². The average molecular weight is 311 g/mol. The quantitative estimate of drug-likeness (QED) is 0.588. The lowest BCUT2D eigenvalue weighted by Gasteiger charge is -2.06. The first-order valence-electron chi connectivity index (χ1n) is 6.88. The van der Waals surface area contributed by atoms with E-state index in [-0.39, 0.29) is 18.1 Å². The number of benzene rings is 2. The predicted octanol–water partition coefficient (Wildman–Crippen LogP) is 2.29. The zero-order chi connectivity index (χ0) is 16.4. The second kappa shape index (κ2) is 5.84. The Kier molecular flexibility index (Phi) is 3.71. The summed E-state index contributed by atoms with van der Waals surface area (Å²) in [4.78, 5) is 22.6. The summed E-state index contributed by atoms with van der Waals surface area (Å²) in [5.74, 6) is -0.334. The van der Waals surface area contributed by atoms with E-state index in [1.54, 1.807) is 25.1 Å². The van der Waals surface area contributed by atoms with Gasteiger partial charge in [0.05, 0.1) is 10.4 Å². The number of aromatic nitrogens is 3. The van der Waals surface area contributed by atoms with Crippen molar-refractivity contribution in [1.82, 2.24) is 15.0 Å². The summed E-state index contributed by atoms with van der Waals surface area (Å²) in [6.45, 7) is 1.62. The Morgan fingerprint density at radius 1 is 1.30 bits per heavy atom. The average Bonchev–Trinajstić information content (AvgIpc) is 2.92. The number of nitrogens with zero attached hydrogens (tertiary/aromatic N) is 4. The van der Waals surface area contributed by atoms with Crippen LogP contribution in [0.5, 0.6) is 0 Å². The van der Waals surface area contributed by atoms with Crippen LogP contribution in [-0.4, -0.2) is 25.8 Å². The van der Waals surface area contributed by atoms with Crippen molar-refractivity contribution in [3.63, 3.8) is 0 Å². The van der Waals surface area contributed by atoms with Gasteiger partial charge >= 0.3 is 0 Å². The smallest absolute Gasteiger partial charge is 0.274 e. The van der Waals surface area contributed by atoms with Gasteiger partial charge < -0.3 is 5.32 Å². The summed E-state index contributed by atoms with van der Waals surface area (Å²) in [7, 11) is 0. The zero-order valence-electron chi connectivity index (χ0n) is 12.3. The van der Waals surface area contributed by atoms with Crippen molar-refractivity contribution >= 4 is 28.3 Å². The molecule has 0 bridgehead atoms. The molecule has 3 aromatic rings. The number of nitro benzene ring substituents is 1. The first-order valence-corrected chi connectivity index (χ1v) is 6.88. The number of amides is 1. The Bertz CT molecular complexity index is 903.